The Morgan fingerprint density at radius 2 is 1.52 bits per heavy atom. The van der Waals surface area contributed by atoms with Crippen LogP contribution in [0.1, 0.15) is 17.2 Å². The Labute approximate surface area is 122 Å². The van der Waals surface area contributed by atoms with Gasteiger partial charge in [0.1, 0.15) is 23.9 Å². The number of para-hydroxylation sites is 1. The van der Waals surface area contributed by atoms with Crippen LogP contribution in [0.4, 0.5) is 0 Å². The Bertz CT molecular complexity index is 702. The van der Waals surface area contributed by atoms with Crippen molar-refractivity contribution in [2.75, 3.05) is 0 Å². The van der Waals surface area contributed by atoms with Crippen LogP contribution in [-0.2, 0) is 0 Å². The second-order valence-electron chi connectivity index (χ2n) is 4.56. The first-order chi connectivity index (χ1) is 10.3. The third-order valence-electron chi connectivity index (χ3n) is 3.05. The van der Waals surface area contributed by atoms with E-state index in [9.17, 15) is 5.11 Å². The van der Waals surface area contributed by atoms with Gasteiger partial charge in [-0.2, -0.15) is 0 Å². The van der Waals surface area contributed by atoms with E-state index in [4.69, 9.17) is 4.74 Å². The maximum Gasteiger partial charge on any atom is 0.127 e. The normalized spacial score (nSPS) is 11.9. The summed E-state index contributed by atoms with van der Waals surface area (Å²) in [5.74, 6) is 1.43. The van der Waals surface area contributed by atoms with E-state index in [-0.39, 0.29) is 0 Å². The van der Waals surface area contributed by atoms with Gasteiger partial charge in [-0.1, -0.05) is 30.3 Å². The Hall–Kier alpha value is -2.72. The molecule has 4 nitrogen and oxygen atoms in total. The predicted octanol–water partition coefficient (Wildman–Crippen LogP) is 3.35. The van der Waals surface area contributed by atoms with E-state index in [1.54, 1.807) is 12.4 Å². The summed E-state index contributed by atoms with van der Waals surface area (Å²) in [5.41, 5.74) is 1.38. The van der Waals surface area contributed by atoms with Crippen molar-refractivity contribution in [3.8, 4) is 11.5 Å². The Morgan fingerprint density at radius 1 is 0.810 bits per heavy atom. The van der Waals surface area contributed by atoms with E-state index < -0.39 is 6.10 Å². The molecule has 1 aromatic heterocycles. The van der Waals surface area contributed by atoms with E-state index in [1.165, 1.54) is 6.33 Å². The van der Waals surface area contributed by atoms with Gasteiger partial charge in [0.2, 0.25) is 0 Å². The lowest BCUT2D eigenvalue weighted by molar-refractivity contribution is 0.219. The van der Waals surface area contributed by atoms with Crippen LogP contribution < -0.4 is 4.74 Å². The van der Waals surface area contributed by atoms with Crippen molar-refractivity contribution in [3.63, 3.8) is 0 Å². The predicted molar refractivity (Wildman–Crippen MR) is 79.1 cm³/mol. The van der Waals surface area contributed by atoms with Gasteiger partial charge in [0.05, 0.1) is 0 Å². The van der Waals surface area contributed by atoms with E-state index in [0.29, 0.717) is 11.3 Å². The molecule has 0 aliphatic carbocycles. The highest BCUT2D eigenvalue weighted by Gasteiger charge is 2.11. The quantitative estimate of drug-likeness (QED) is 0.795. The highest BCUT2D eigenvalue weighted by Crippen LogP contribution is 2.27. The second kappa shape index (κ2) is 6.15. The summed E-state index contributed by atoms with van der Waals surface area (Å²) < 4.78 is 5.76. The SMILES string of the molecule is OC(c1cncnc1)c1cccc(Oc2ccccc2)c1. The second-order valence-corrected chi connectivity index (χ2v) is 4.56. The molecule has 3 rings (SSSR count). The van der Waals surface area contributed by atoms with Gasteiger partial charge in [-0.15, -0.1) is 0 Å². The third kappa shape index (κ3) is 3.24. The monoisotopic (exact) mass is 278 g/mol. The van der Waals surface area contributed by atoms with Gasteiger partial charge in [-0.25, -0.2) is 9.97 Å². The lowest BCUT2D eigenvalue weighted by Gasteiger charge is -2.12. The number of nitrogens with zero attached hydrogens (tertiary/aromatic N) is 2. The summed E-state index contributed by atoms with van der Waals surface area (Å²) in [5, 5.41) is 10.3. The molecule has 1 N–H and O–H groups in total. The zero-order valence-electron chi connectivity index (χ0n) is 11.3. The molecular weight excluding hydrogens is 264 g/mol. The van der Waals surface area contributed by atoms with Crippen molar-refractivity contribution in [3.05, 3.63) is 84.4 Å². The Morgan fingerprint density at radius 3 is 2.29 bits per heavy atom. The molecule has 104 valence electrons. The van der Waals surface area contributed by atoms with Crippen molar-refractivity contribution in [1.29, 1.82) is 0 Å². The average Bonchev–Trinajstić information content (AvgIpc) is 2.56. The van der Waals surface area contributed by atoms with Gasteiger partial charge in [-0.05, 0) is 29.8 Å². The van der Waals surface area contributed by atoms with Crippen LogP contribution in [0.15, 0.2) is 73.3 Å². The van der Waals surface area contributed by atoms with Crippen LogP contribution in [0, 0.1) is 0 Å². The van der Waals surface area contributed by atoms with Crippen LogP contribution in [0.25, 0.3) is 0 Å². The number of aliphatic hydroxyl groups excluding tert-OH is 1. The minimum absolute atomic E-state index is 0.648. The van der Waals surface area contributed by atoms with E-state index in [1.807, 2.05) is 54.6 Å². The fourth-order valence-electron chi connectivity index (χ4n) is 2.02. The fraction of sp³-hybridized carbons (Fsp3) is 0.0588. The summed E-state index contributed by atoms with van der Waals surface area (Å²) >= 11 is 0. The molecule has 0 radical (unpaired) electrons. The molecule has 0 fully saturated rings. The van der Waals surface area contributed by atoms with Crippen molar-refractivity contribution < 1.29 is 9.84 Å². The van der Waals surface area contributed by atoms with Crippen molar-refractivity contribution in [1.82, 2.24) is 9.97 Å². The maximum atomic E-state index is 10.3. The first-order valence-electron chi connectivity index (χ1n) is 6.59. The minimum Gasteiger partial charge on any atom is -0.457 e. The van der Waals surface area contributed by atoms with Crippen molar-refractivity contribution >= 4 is 0 Å². The standard InChI is InChI=1S/C17H14N2O2/c20-17(14-10-18-12-19-11-14)13-5-4-8-16(9-13)21-15-6-2-1-3-7-15/h1-12,17,20H. The van der Waals surface area contributed by atoms with Crippen LogP contribution in [0.5, 0.6) is 11.5 Å². The molecular formula is C17H14N2O2. The number of hydrogen-bond acceptors (Lipinski definition) is 4. The molecule has 0 aliphatic rings. The molecule has 0 saturated heterocycles. The van der Waals surface area contributed by atoms with Gasteiger partial charge in [0, 0.05) is 18.0 Å². The van der Waals surface area contributed by atoms with Crippen molar-refractivity contribution in [2.24, 2.45) is 0 Å². The number of ether oxygens (including phenoxy) is 1. The van der Waals surface area contributed by atoms with Gasteiger partial charge in [0.15, 0.2) is 0 Å². The molecule has 21 heavy (non-hydrogen) atoms. The summed E-state index contributed by atoms with van der Waals surface area (Å²) in [4.78, 5) is 7.84. The number of rotatable bonds is 4. The molecule has 1 heterocycles. The highest BCUT2D eigenvalue weighted by atomic mass is 16.5. The summed E-state index contributed by atoms with van der Waals surface area (Å²) in [7, 11) is 0. The van der Waals surface area contributed by atoms with Crippen molar-refractivity contribution in [2.45, 2.75) is 6.10 Å². The molecule has 1 unspecified atom stereocenters. The molecule has 3 aromatic rings. The molecule has 2 aromatic carbocycles. The largest absolute Gasteiger partial charge is 0.457 e. The first-order valence-corrected chi connectivity index (χ1v) is 6.59. The van der Waals surface area contributed by atoms with Gasteiger partial charge in [-0.3, -0.25) is 0 Å². The average molecular weight is 278 g/mol. The Kier molecular flexibility index (Phi) is 3.89. The minimum atomic E-state index is -0.773. The smallest absolute Gasteiger partial charge is 0.127 e. The highest BCUT2D eigenvalue weighted by molar-refractivity contribution is 5.37. The molecule has 0 amide bonds. The Balaban J connectivity index is 1.83. The summed E-state index contributed by atoms with van der Waals surface area (Å²) in [6.07, 6.45) is 3.86. The molecule has 0 bridgehead atoms. The van der Waals surface area contributed by atoms with Crippen LogP contribution >= 0.6 is 0 Å². The number of benzene rings is 2. The lowest BCUT2D eigenvalue weighted by atomic mass is 10.0. The topological polar surface area (TPSA) is 55.2 Å². The van der Waals surface area contributed by atoms with E-state index in [2.05, 4.69) is 9.97 Å². The van der Waals surface area contributed by atoms with Gasteiger partial charge >= 0.3 is 0 Å². The summed E-state index contributed by atoms with van der Waals surface area (Å²) in [6.45, 7) is 0. The fourth-order valence-corrected chi connectivity index (χ4v) is 2.02. The first kappa shape index (κ1) is 13.3. The third-order valence-corrected chi connectivity index (χ3v) is 3.05. The van der Waals surface area contributed by atoms with Gasteiger partial charge in [0.25, 0.3) is 0 Å². The number of hydrogen-bond donors (Lipinski definition) is 1. The maximum absolute atomic E-state index is 10.3. The lowest BCUT2D eigenvalue weighted by Crippen LogP contribution is -2.01. The van der Waals surface area contributed by atoms with E-state index in [0.717, 1.165) is 11.3 Å². The molecule has 4 heteroatoms. The van der Waals surface area contributed by atoms with Crippen LogP contribution in [0.2, 0.25) is 0 Å². The molecule has 1 atom stereocenters. The van der Waals surface area contributed by atoms with Gasteiger partial charge < -0.3 is 9.84 Å². The zero-order valence-corrected chi connectivity index (χ0v) is 11.3. The van der Waals surface area contributed by atoms with Crippen LogP contribution in [0.3, 0.4) is 0 Å². The molecule has 0 spiro atoms. The molecule has 0 aliphatic heterocycles. The number of aliphatic hydroxyl groups is 1. The molecule has 0 saturated carbocycles. The summed E-state index contributed by atoms with van der Waals surface area (Å²) in [6, 6.07) is 16.9. The van der Waals surface area contributed by atoms with E-state index >= 15 is 0 Å². The van der Waals surface area contributed by atoms with Crippen LogP contribution in [-0.4, -0.2) is 15.1 Å². The zero-order chi connectivity index (χ0) is 14.5. The number of aromatic nitrogens is 2.